The lowest BCUT2D eigenvalue weighted by molar-refractivity contribution is 0.0465. The Hall–Kier alpha value is -2.17. The zero-order valence-corrected chi connectivity index (χ0v) is 16.7. The molecule has 0 atom stereocenters. The zero-order chi connectivity index (χ0) is 18.7. The minimum absolute atomic E-state index is 0.0743. The lowest BCUT2D eigenvalue weighted by atomic mass is 10.2. The fraction of sp³-hybridized carbons (Fsp3) is 0.125. The van der Waals surface area contributed by atoms with Crippen LogP contribution in [0.4, 0.5) is 5.69 Å². The molecule has 0 aliphatic carbocycles. The number of para-hydroxylation sites is 1. The van der Waals surface area contributed by atoms with Gasteiger partial charge in [0.25, 0.3) is 10.0 Å². The van der Waals surface area contributed by atoms with Crippen LogP contribution in [-0.4, -0.2) is 19.5 Å². The van der Waals surface area contributed by atoms with Gasteiger partial charge in [-0.25, -0.2) is 13.2 Å². The maximum atomic E-state index is 12.5. The molecular formula is C16H13BrN2O5S2. The number of ether oxygens (including phenoxy) is 1. The molecule has 0 bridgehead atoms. The van der Waals surface area contributed by atoms with Gasteiger partial charge in [0.2, 0.25) is 0 Å². The van der Waals surface area contributed by atoms with Gasteiger partial charge in [0.1, 0.15) is 22.3 Å². The summed E-state index contributed by atoms with van der Waals surface area (Å²) in [4.78, 5) is 12.4. The van der Waals surface area contributed by atoms with Crippen LogP contribution in [-0.2, 0) is 21.4 Å². The molecule has 1 N–H and O–H groups in total. The molecule has 0 unspecified atom stereocenters. The Morgan fingerprint density at radius 3 is 2.73 bits per heavy atom. The number of sulfonamides is 1. The molecule has 0 saturated carbocycles. The van der Waals surface area contributed by atoms with Crippen LogP contribution in [0.1, 0.15) is 21.8 Å². The molecule has 2 heterocycles. The lowest BCUT2D eigenvalue weighted by Crippen LogP contribution is -2.15. The van der Waals surface area contributed by atoms with Gasteiger partial charge in [-0.15, -0.1) is 11.3 Å². The number of hydrogen-bond acceptors (Lipinski definition) is 7. The molecule has 0 amide bonds. The number of benzene rings is 1. The highest BCUT2D eigenvalue weighted by Crippen LogP contribution is 2.28. The largest absolute Gasteiger partial charge is 0.455 e. The van der Waals surface area contributed by atoms with E-state index in [-0.39, 0.29) is 22.1 Å². The highest BCUT2D eigenvalue weighted by atomic mass is 79.9. The van der Waals surface area contributed by atoms with E-state index in [2.05, 4.69) is 25.8 Å². The number of carbonyl (C=O) groups is 1. The average Bonchev–Trinajstić information content (AvgIpc) is 3.21. The zero-order valence-electron chi connectivity index (χ0n) is 13.4. The van der Waals surface area contributed by atoms with E-state index in [1.165, 1.54) is 18.2 Å². The first kappa shape index (κ1) is 18.6. The lowest BCUT2D eigenvalue weighted by Gasteiger charge is -2.11. The molecule has 10 heteroatoms. The van der Waals surface area contributed by atoms with Gasteiger partial charge >= 0.3 is 5.97 Å². The van der Waals surface area contributed by atoms with Gasteiger partial charge in [-0.1, -0.05) is 17.3 Å². The molecule has 1 aromatic carbocycles. The van der Waals surface area contributed by atoms with Crippen molar-refractivity contribution in [3.05, 3.63) is 63.3 Å². The predicted molar refractivity (Wildman–Crippen MR) is 99.6 cm³/mol. The van der Waals surface area contributed by atoms with Crippen LogP contribution in [0, 0.1) is 6.92 Å². The van der Waals surface area contributed by atoms with Crippen molar-refractivity contribution in [1.82, 2.24) is 5.16 Å². The second kappa shape index (κ2) is 7.60. The van der Waals surface area contributed by atoms with Crippen LogP contribution >= 0.6 is 27.3 Å². The van der Waals surface area contributed by atoms with Crippen LogP contribution in [0.15, 0.2) is 55.0 Å². The van der Waals surface area contributed by atoms with Gasteiger partial charge in [0, 0.05) is 6.07 Å². The van der Waals surface area contributed by atoms with Gasteiger partial charge in [0.15, 0.2) is 0 Å². The summed E-state index contributed by atoms with van der Waals surface area (Å²) < 4.78 is 38.3. The Bertz CT molecular complexity index is 1040. The van der Waals surface area contributed by atoms with E-state index in [1.54, 1.807) is 31.2 Å². The van der Waals surface area contributed by atoms with Crippen LogP contribution in [0.2, 0.25) is 0 Å². The van der Waals surface area contributed by atoms with Crippen molar-refractivity contribution in [2.75, 3.05) is 4.72 Å². The van der Waals surface area contributed by atoms with Crippen LogP contribution in [0.25, 0.3) is 0 Å². The Morgan fingerprint density at radius 2 is 2.08 bits per heavy atom. The number of anilines is 1. The minimum Gasteiger partial charge on any atom is -0.455 e. The Kier molecular flexibility index (Phi) is 5.44. The number of thiophene rings is 1. The van der Waals surface area contributed by atoms with Gasteiger partial charge in [0.05, 0.1) is 15.0 Å². The molecule has 26 heavy (non-hydrogen) atoms. The number of halogens is 1. The van der Waals surface area contributed by atoms with Crippen molar-refractivity contribution in [2.24, 2.45) is 0 Å². The average molecular weight is 457 g/mol. The first-order valence-corrected chi connectivity index (χ1v) is 10.4. The highest BCUT2D eigenvalue weighted by molar-refractivity contribution is 9.11. The van der Waals surface area contributed by atoms with E-state index >= 15 is 0 Å². The van der Waals surface area contributed by atoms with E-state index in [4.69, 9.17) is 9.26 Å². The van der Waals surface area contributed by atoms with Gasteiger partial charge in [-0.05, 0) is 47.1 Å². The van der Waals surface area contributed by atoms with E-state index < -0.39 is 16.0 Å². The van der Waals surface area contributed by atoms with Crippen molar-refractivity contribution in [1.29, 1.82) is 0 Å². The summed E-state index contributed by atoms with van der Waals surface area (Å²) in [6.45, 7) is 1.65. The van der Waals surface area contributed by atoms with E-state index in [0.29, 0.717) is 15.2 Å². The molecule has 0 saturated heterocycles. The Morgan fingerprint density at radius 1 is 1.31 bits per heavy atom. The molecule has 0 aliphatic heterocycles. The first-order valence-electron chi connectivity index (χ1n) is 7.31. The summed E-state index contributed by atoms with van der Waals surface area (Å²) >= 11 is 4.30. The number of nitrogens with one attached hydrogen (secondary N) is 1. The van der Waals surface area contributed by atoms with E-state index in [9.17, 15) is 13.2 Å². The third kappa shape index (κ3) is 4.32. The smallest absolute Gasteiger partial charge is 0.340 e. The molecular weight excluding hydrogens is 444 g/mol. The predicted octanol–water partition coefficient (Wildman–Crippen LogP) is 3.96. The maximum Gasteiger partial charge on any atom is 0.340 e. The van der Waals surface area contributed by atoms with Crippen molar-refractivity contribution >= 4 is 48.9 Å². The number of esters is 1. The van der Waals surface area contributed by atoms with Crippen molar-refractivity contribution in [3.8, 4) is 0 Å². The van der Waals surface area contributed by atoms with Crippen molar-refractivity contribution < 1.29 is 22.5 Å². The third-order valence-electron chi connectivity index (χ3n) is 3.23. The van der Waals surface area contributed by atoms with Gasteiger partial charge < -0.3 is 9.26 Å². The SMILES string of the molecule is Cc1cc(COC(=O)c2ccccc2NS(=O)(=O)c2ccc(Br)s2)no1. The van der Waals surface area contributed by atoms with Crippen LogP contribution in [0.3, 0.4) is 0 Å². The summed E-state index contributed by atoms with van der Waals surface area (Å²) in [5.41, 5.74) is 0.711. The molecule has 7 nitrogen and oxygen atoms in total. The number of carbonyl (C=O) groups excluding carboxylic acids is 1. The fourth-order valence-corrected chi connectivity index (χ4v) is 5.18. The quantitative estimate of drug-likeness (QED) is 0.563. The van der Waals surface area contributed by atoms with E-state index in [0.717, 1.165) is 11.3 Å². The molecule has 0 spiro atoms. The van der Waals surface area contributed by atoms with E-state index in [1.807, 2.05) is 0 Å². The minimum atomic E-state index is -3.81. The monoisotopic (exact) mass is 456 g/mol. The molecule has 0 aliphatic rings. The standard InChI is InChI=1S/C16H13BrN2O5S2/c1-10-8-11(18-24-10)9-23-16(20)12-4-2-3-5-13(12)19-26(21,22)15-7-6-14(17)25-15/h2-8,19H,9H2,1H3. The number of nitrogens with zero attached hydrogens (tertiary/aromatic N) is 1. The Labute approximate surface area is 162 Å². The van der Waals surface area contributed by atoms with Crippen molar-refractivity contribution in [3.63, 3.8) is 0 Å². The normalized spacial score (nSPS) is 11.3. The molecule has 0 radical (unpaired) electrons. The third-order valence-corrected chi connectivity index (χ3v) is 6.71. The summed E-state index contributed by atoms with van der Waals surface area (Å²) in [6, 6.07) is 11.0. The first-order chi connectivity index (χ1) is 12.3. The molecule has 0 fully saturated rings. The number of hydrogen-bond donors (Lipinski definition) is 1. The number of rotatable bonds is 6. The summed E-state index contributed by atoms with van der Waals surface area (Å²) in [6.07, 6.45) is 0. The molecule has 2 aromatic heterocycles. The van der Waals surface area contributed by atoms with Gasteiger partial charge in [-0.2, -0.15) is 0 Å². The van der Waals surface area contributed by atoms with Crippen LogP contribution < -0.4 is 4.72 Å². The topological polar surface area (TPSA) is 98.5 Å². The molecule has 3 rings (SSSR count). The summed E-state index contributed by atoms with van der Waals surface area (Å²) in [7, 11) is -3.81. The van der Waals surface area contributed by atoms with Gasteiger partial charge in [-0.3, -0.25) is 4.72 Å². The maximum absolute atomic E-state index is 12.5. The number of aryl methyl sites for hydroxylation is 1. The van der Waals surface area contributed by atoms with Crippen LogP contribution in [0.5, 0.6) is 0 Å². The summed E-state index contributed by atoms with van der Waals surface area (Å²) in [5, 5.41) is 3.74. The second-order valence-corrected chi connectivity index (χ2v) is 9.59. The summed E-state index contributed by atoms with van der Waals surface area (Å²) in [5.74, 6) is -0.0670. The fourth-order valence-electron chi connectivity index (χ4n) is 2.09. The molecule has 136 valence electrons. The van der Waals surface area contributed by atoms with Crippen molar-refractivity contribution in [2.45, 2.75) is 17.7 Å². The highest BCUT2D eigenvalue weighted by Gasteiger charge is 2.21. The Balaban J connectivity index is 1.78. The number of aromatic nitrogens is 1. The molecule has 3 aromatic rings. The second-order valence-electron chi connectivity index (χ2n) is 5.21.